The monoisotopic (exact) mass is 331 g/mol. The minimum atomic E-state index is -0.352. The first-order valence-corrected chi connectivity index (χ1v) is 7.78. The summed E-state index contributed by atoms with van der Waals surface area (Å²) >= 11 is 0. The Kier molecular flexibility index (Phi) is 3.82. The number of rotatable bonds is 3. The number of benzene rings is 2. The maximum atomic E-state index is 13.4. The second-order valence-corrected chi connectivity index (χ2v) is 5.51. The molecule has 25 heavy (non-hydrogen) atoms. The number of hydrogen-bond donors (Lipinski definition) is 0. The molecular formula is C20H14FN3O. The number of methoxy groups -OCH3 is 1. The average molecular weight is 331 g/mol. The Morgan fingerprint density at radius 3 is 2.60 bits per heavy atom. The van der Waals surface area contributed by atoms with Crippen molar-refractivity contribution in [3.05, 3.63) is 72.7 Å². The van der Waals surface area contributed by atoms with Gasteiger partial charge in [-0.25, -0.2) is 19.3 Å². The fourth-order valence-corrected chi connectivity index (χ4v) is 2.68. The van der Waals surface area contributed by atoms with Gasteiger partial charge in [0.1, 0.15) is 17.3 Å². The van der Waals surface area contributed by atoms with Crippen LogP contribution in [0, 0.1) is 5.82 Å². The summed E-state index contributed by atoms with van der Waals surface area (Å²) in [4.78, 5) is 13.6. The van der Waals surface area contributed by atoms with Crippen molar-refractivity contribution in [1.82, 2.24) is 15.0 Å². The highest BCUT2D eigenvalue weighted by molar-refractivity contribution is 5.79. The Labute approximate surface area is 144 Å². The minimum absolute atomic E-state index is 0.352. The molecule has 0 N–H and O–H groups in total. The van der Waals surface area contributed by atoms with Gasteiger partial charge >= 0.3 is 0 Å². The van der Waals surface area contributed by atoms with Crippen molar-refractivity contribution < 1.29 is 9.13 Å². The number of nitrogens with zero attached hydrogens (tertiary/aromatic N) is 3. The molecule has 2 aromatic heterocycles. The van der Waals surface area contributed by atoms with Crippen molar-refractivity contribution in [1.29, 1.82) is 0 Å². The largest absolute Gasteiger partial charge is 0.496 e. The number of halogens is 1. The van der Waals surface area contributed by atoms with Gasteiger partial charge in [-0.05, 0) is 30.3 Å². The van der Waals surface area contributed by atoms with Crippen LogP contribution in [0.25, 0.3) is 33.7 Å². The normalized spacial score (nSPS) is 10.8. The van der Waals surface area contributed by atoms with Crippen LogP contribution in [0.4, 0.5) is 4.39 Å². The lowest BCUT2D eigenvalue weighted by Gasteiger charge is -2.09. The lowest BCUT2D eigenvalue weighted by molar-refractivity contribution is 0.413. The van der Waals surface area contributed by atoms with E-state index in [0.29, 0.717) is 28.5 Å². The van der Waals surface area contributed by atoms with Crippen LogP contribution in [0.1, 0.15) is 0 Å². The van der Waals surface area contributed by atoms with Crippen LogP contribution in [0.5, 0.6) is 5.75 Å². The van der Waals surface area contributed by atoms with E-state index >= 15 is 0 Å². The molecule has 4 nitrogen and oxygen atoms in total. The molecule has 0 bridgehead atoms. The van der Waals surface area contributed by atoms with Gasteiger partial charge in [-0.1, -0.05) is 24.3 Å². The summed E-state index contributed by atoms with van der Waals surface area (Å²) in [5, 5.41) is 0.975. The van der Waals surface area contributed by atoms with E-state index in [0.717, 1.165) is 10.9 Å². The second-order valence-electron chi connectivity index (χ2n) is 5.51. The molecule has 2 aromatic carbocycles. The average Bonchev–Trinajstić information content (AvgIpc) is 2.67. The molecule has 0 aliphatic carbocycles. The van der Waals surface area contributed by atoms with Gasteiger partial charge in [0.25, 0.3) is 0 Å². The first kappa shape index (κ1) is 15.2. The van der Waals surface area contributed by atoms with Gasteiger partial charge < -0.3 is 4.74 Å². The third-order valence-electron chi connectivity index (χ3n) is 3.91. The standard InChI is InChI=1S/C20H14FN3O/c1-25-19-11-14(21)9-10-15(19)17-7-4-8-18(23-17)20-22-12-13-5-2-3-6-16(13)24-20/h2-12H,1H3. The number of hydrogen-bond acceptors (Lipinski definition) is 4. The van der Waals surface area contributed by atoms with Gasteiger partial charge in [0.15, 0.2) is 5.82 Å². The zero-order valence-corrected chi connectivity index (χ0v) is 13.5. The molecule has 0 saturated heterocycles. The predicted molar refractivity (Wildman–Crippen MR) is 94.7 cm³/mol. The highest BCUT2D eigenvalue weighted by Gasteiger charge is 2.11. The molecule has 0 saturated carbocycles. The third kappa shape index (κ3) is 2.92. The SMILES string of the molecule is COc1cc(F)ccc1-c1cccc(-c2ncc3ccccc3n2)n1. The summed E-state index contributed by atoms with van der Waals surface area (Å²) < 4.78 is 18.7. The summed E-state index contributed by atoms with van der Waals surface area (Å²) in [6, 6.07) is 17.7. The van der Waals surface area contributed by atoms with Gasteiger partial charge in [-0.15, -0.1) is 0 Å². The highest BCUT2D eigenvalue weighted by atomic mass is 19.1. The van der Waals surface area contributed by atoms with Crippen molar-refractivity contribution >= 4 is 10.9 Å². The molecule has 0 fully saturated rings. The van der Waals surface area contributed by atoms with E-state index in [4.69, 9.17) is 4.74 Å². The number of ether oxygens (including phenoxy) is 1. The zero-order chi connectivity index (χ0) is 17.2. The van der Waals surface area contributed by atoms with Crippen molar-refractivity contribution in [3.63, 3.8) is 0 Å². The maximum absolute atomic E-state index is 13.4. The molecule has 5 heteroatoms. The van der Waals surface area contributed by atoms with Gasteiger partial charge in [0, 0.05) is 23.2 Å². The van der Waals surface area contributed by atoms with E-state index in [1.54, 1.807) is 12.3 Å². The maximum Gasteiger partial charge on any atom is 0.178 e. The number of fused-ring (bicyclic) bond motifs is 1. The minimum Gasteiger partial charge on any atom is -0.496 e. The summed E-state index contributed by atoms with van der Waals surface area (Å²) in [6.45, 7) is 0. The lowest BCUT2D eigenvalue weighted by atomic mass is 10.1. The Hall–Kier alpha value is -3.34. The van der Waals surface area contributed by atoms with Crippen LogP contribution in [-0.2, 0) is 0 Å². The van der Waals surface area contributed by atoms with E-state index < -0.39 is 0 Å². The molecule has 2 heterocycles. The van der Waals surface area contributed by atoms with Gasteiger partial charge in [0.2, 0.25) is 0 Å². The van der Waals surface area contributed by atoms with Crippen LogP contribution in [0.2, 0.25) is 0 Å². The molecule has 0 unspecified atom stereocenters. The molecule has 122 valence electrons. The first-order valence-electron chi connectivity index (χ1n) is 7.78. The van der Waals surface area contributed by atoms with Crippen molar-refractivity contribution in [3.8, 4) is 28.5 Å². The Bertz CT molecular complexity index is 1070. The molecule has 4 aromatic rings. The van der Waals surface area contributed by atoms with E-state index in [9.17, 15) is 4.39 Å². The van der Waals surface area contributed by atoms with Crippen molar-refractivity contribution in [2.75, 3.05) is 7.11 Å². The fraction of sp³-hybridized carbons (Fsp3) is 0.0500. The Morgan fingerprint density at radius 1 is 0.880 bits per heavy atom. The number of para-hydroxylation sites is 1. The van der Waals surface area contributed by atoms with E-state index in [1.807, 2.05) is 42.5 Å². The predicted octanol–water partition coefficient (Wildman–Crippen LogP) is 4.51. The molecule has 0 radical (unpaired) electrons. The van der Waals surface area contributed by atoms with E-state index in [1.165, 1.54) is 19.2 Å². The van der Waals surface area contributed by atoms with Crippen LogP contribution >= 0.6 is 0 Å². The Morgan fingerprint density at radius 2 is 1.72 bits per heavy atom. The van der Waals surface area contributed by atoms with Gasteiger partial charge in [-0.3, -0.25) is 0 Å². The summed E-state index contributed by atoms with van der Waals surface area (Å²) in [7, 11) is 1.51. The lowest BCUT2D eigenvalue weighted by Crippen LogP contribution is -1.95. The molecule has 0 amide bonds. The quantitative estimate of drug-likeness (QED) is 0.554. The fourth-order valence-electron chi connectivity index (χ4n) is 2.68. The van der Waals surface area contributed by atoms with Crippen LogP contribution < -0.4 is 4.74 Å². The van der Waals surface area contributed by atoms with Gasteiger partial charge in [0.05, 0.1) is 18.3 Å². The summed E-state index contributed by atoms with van der Waals surface area (Å²) in [5.41, 5.74) is 2.89. The van der Waals surface area contributed by atoms with Gasteiger partial charge in [-0.2, -0.15) is 0 Å². The highest BCUT2D eigenvalue weighted by Crippen LogP contribution is 2.30. The molecule has 0 aliphatic heterocycles. The molecular weight excluding hydrogens is 317 g/mol. The van der Waals surface area contributed by atoms with Crippen molar-refractivity contribution in [2.45, 2.75) is 0 Å². The topological polar surface area (TPSA) is 47.9 Å². The van der Waals surface area contributed by atoms with E-state index in [2.05, 4.69) is 15.0 Å². The van der Waals surface area contributed by atoms with Crippen LogP contribution in [0.3, 0.4) is 0 Å². The van der Waals surface area contributed by atoms with Crippen LogP contribution in [-0.4, -0.2) is 22.1 Å². The second kappa shape index (κ2) is 6.28. The van der Waals surface area contributed by atoms with E-state index in [-0.39, 0.29) is 5.82 Å². The number of aromatic nitrogens is 3. The zero-order valence-electron chi connectivity index (χ0n) is 13.5. The third-order valence-corrected chi connectivity index (χ3v) is 3.91. The summed E-state index contributed by atoms with van der Waals surface area (Å²) in [5.74, 6) is 0.625. The first-order chi connectivity index (χ1) is 12.2. The molecule has 0 atom stereocenters. The molecule has 0 spiro atoms. The van der Waals surface area contributed by atoms with Crippen LogP contribution in [0.15, 0.2) is 66.9 Å². The molecule has 4 rings (SSSR count). The smallest absolute Gasteiger partial charge is 0.178 e. The van der Waals surface area contributed by atoms with Crippen molar-refractivity contribution in [2.24, 2.45) is 0 Å². The Balaban J connectivity index is 1.81. The molecule has 0 aliphatic rings. The summed E-state index contributed by atoms with van der Waals surface area (Å²) in [6.07, 6.45) is 1.78. The number of pyridine rings is 1.